The van der Waals surface area contributed by atoms with Gasteiger partial charge in [-0.15, -0.1) is 0 Å². The van der Waals surface area contributed by atoms with Gasteiger partial charge in [0, 0.05) is 6.54 Å². The van der Waals surface area contributed by atoms with Crippen molar-refractivity contribution in [2.45, 2.75) is 38.5 Å². The Morgan fingerprint density at radius 2 is 1.65 bits per heavy atom. The summed E-state index contributed by atoms with van der Waals surface area (Å²) in [4.78, 5) is 24.3. The molecule has 3 heteroatoms. The van der Waals surface area contributed by atoms with Crippen LogP contribution < -0.4 is 16.2 Å². The van der Waals surface area contributed by atoms with E-state index in [1.807, 2.05) is 24.3 Å². The molecular weight excluding hydrogens is 322 g/mol. The lowest BCUT2D eigenvalue weighted by Gasteiger charge is -2.20. The van der Waals surface area contributed by atoms with Gasteiger partial charge in [0.25, 0.3) is 0 Å². The van der Waals surface area contributed by atoms with Crippen molar-refractivity contribution in [3.8, 4) is 11.1 Å². The quantitative estimate of drug-likeness (QED) is 0.710. The molecular formula is C23H23NO2. The van der Waals surface area contributed by atoms with Crippen LogP contribution >= 0.6 is 0 Å². The van der Waals surface area contributed by atoms with Gasteiger partial charge in [0.15, 0.2) is 0 Å². The predicted molar refractivity (Wildman–Crippen MR) is 107 cm³/mol. The molecule has 0 bridgehead atoms. The van der Waals surface area contributed by atoms with Crippen molar-refractivity contribution in [3.63, 3.8) is 0 Å². The summed E-state index contributed by atoms with van der Waals surface area (Å²) in [7, 11) is 0. The van der Waals surface area contributed by atoms with Gasteiger partial charge in [0.2, 0.25) is 10.9 Å². The smallest absolute Gasteiger partial charge is 0.250 e. The fourth-order valence-electron chi connectivity index (χ4n) is 3.88. The Bertz CT molecular complexity index is 997. The molecule has 4 rings (SSSR count). The lowest BCUT2D eigenvalue weighted by Crippen LogP contribution is -2.37. The maximum absolute atomic E-state index is 12.2. The minimum absolute atomic E-state index is 0.261. The van der Waals surface area contributed by atoms with Crippen molar-refractivity contribution >= 4 is 5.69 Å². The van der Waals surface area contributed by atoms with E-state index in [1.54, 1.807) is 0 Å². The monoisotopic (exact) mass is 345 g/mol. The normalized spacial score (nSPS) is 14.8. The first-order chi connectivity index (χ1) is 12.6. The molecule has 0 amide bonds. The molecule has 0 aliphatic heterocycles. The number of benzene rings is 2. The zero-order valence-electron chi connectivity index (χ0n) is 15.0. The maximum Gasteiger partial charge on any atom is 0.250 e. The van der Waals surface area contributed by atoms with Crippen LogP contribution in [0.3, 0.4) is 0 Å². The molecule has 132 valence electrons. The summed E-state index contributed by atoms with van der Waals surface area (Å²) < 4.78 is 0. The number of anilines is 1. The Kier molecular flexibility index (Phi) is 4.46. The summed E-state index contributed by atoms with van der Waals surface area (Å²) >= 11 is 0. The van der Waals surface area contributed by atoms with E-state index in [0.717, 1.165) is 18.4 Å². The zero-order chi connectivity index (χ0) is 18.1. The second-order valence-electron chi connectivity index (χ2n) is 7.29. The topological polar surface area (TPSA) is 46.2 Å². The van der Waals surface area contributed by atoms with Crippen LogP contribution in [0, 0.1) is 0 Å². The van der Waals surface area contributed by atoms with Crippen LogP contribution in [0.4, 0.5) is 5.69 Å². The average Bonchev–Trinajstić information content (AvgIpc) is 2.70. The summed E-state index contributed by atoms with van der Waals surface area (Å²) in [5.41, 5.74) is 5.08. The van der Waals surface area contributed by atoms with Gasteiger partial charge < -0.3 is 5.32 Å². The molecule has 1 aliphatic rings. The first kappa shape index (κ1) is 16.8. The molecule has 3 aromatic rings. The molecule has 0 radical (unpaired) electrons. The van der Waals surface area contributed by atoms with Crippen molar-refractivity contribution in [2.24, 2.45) is 0 Å². The lowest BCUT2D eigenvalue weighted by molar-refractivity contribution is 0.686. The molecule has 0 saturated carbocycles. The van der Waals surface area contributed by atoms with E-state index in [2.05, 4.69) is 36.5 Å². The van der Waals surface area contributed by atoms with Crippen molar-refractivity contribution < 1.29 is 0 Å². The summed E-state index contributed by atoms with van der Waals surface area (Å²) in [6.07, 6.45) is 4.60. The zero-order valence-corrected chi connectivity index (χ0v) is 15.0. The van der Waals surface area contributed by atoms with Crippen LogP contribution in [0.1, 0.15) is 42.4 Å². The Labute approximate surface area is 153 Å². The van der Waals surface area contributed by atoms with E-state index < -0.39 is 5.43 Å². The van der Waals surface area contributed by atoms with E-state index in [-0.39, 0.29) is 11.3 Å². The molecule has 0 fully saturated rings. The van der Waals surface area contributed by atoms with Gasteiger partial charge in [-0.2, -0.15) is 0 Å². The SMILES string of the molecule is C[C@H](CNc1c(-c2ccc3c(c2)CCCC3)c(=O)c1=O)c1ccccc1. The Morgan fingerprint density at radius 3 is 2.42 bits per heavy atom. The van der Waals surface area contributed by atoms with Crippen LogP contribution in [-0.4, -0.2) is 6.54 Å². The molecule has 0 heterocycles. The standard InChI is InChI=1S/C23H23NO2/c1-15(16-7-3-2-4-8-16)14-24-21-20(22(25)23(21)26)19-12-11-17-9-5-6-10-18(17)13-19/h2-4,7-8,11-13,15,24H,5-6,9-10,14H2,1H3/t15-/m1/s1. The van der Waals surface area contributed by atoms with Crippen LogP contribution in [0.15, 0.2) is 58.1 Å². The van der Waals surface area contributed by atoms with Crippen LogP contribution in [-0.2, 0) is 12.8 Å². The van der Waals surface area contributed by atoms with Crippen LogP contribution in [0.2, 0.25) is 0 Å². The van der Waals surface area contributed by atoms with Crippen molar-refractivity contribution in [1.29, 1.82) is 0 Å². The first-order valence-electron chi connectivity index (χ1n) is 9.39. The number of hydrogen-bond donors (Lipinski definition) is 1. The number of rotatable bonds is 5. The second-order valence-corrected chi connectivity index (χ2v) is 7.29. The van der Waals surface area contributed by atoms with Crippen molar-refractivity contribution in [1.82, 2.24) is 0 Å². The molecule has 0 saturated heterocycles. The minimum atomic E-state index is -0.391. The summed E-state index contributed by atoms with van der Waals surface area (Å²) in [6, 6.07) is 16.4. The molecule has 0 aromatic heterocycles. The second kappa shape index (κ2) is 6.91. The molecule has 3 nitrogen and oxygen atoms in total. The number of nitrogens with one attached hydrogen (secondary N) is 1. The van der Waals surface area contributed by atoms with Crippen LogP contribution in [0.25, 0.3) is 11.1 Å². The van der Waals surface area contributed by atoms with E-state index >= 15 is 0 Å². The molecule has 1 N–H and O–H groups in total. The number of fused-ring (bicyclic) bond motifs is 1. The highest BCUT2D eigenvalue weighted by molar-refractivity contribution is 5.82. The van der Waals surface area contributed by atoms with Gasteiger partial charge >= 0.3 is 0 Å². The van der Waals surface area contributed by atoms with Crippen molar-refractivity contribution in [3.05, 3.63) is 85.7 Å². The summed E-state index contributed by atoms with van der Waals surface area (Å²) in [6.45, 7) is 2.75. The number of aryl methyl sites for hydroxylation is 2. The van der Waals surface area contributed by atoms with E-state index in [9.17, 15) is 9.59 Å². The maximum atomic E-state index is 12.2. The van der Waals surface area contributed by atoms with Gasteiger partial charge in [0.1, 0.15) is 0 Å². The first-order valence-corrected chi connectivity index (χ1v) is 9.39. The highest BCUT2D eigenvalue weighted by Crippen LogP contribution is 2.29. The largest absolute Gasteiger partial charge is 0.381 e. The lowest BCUT2D eigenvalue weighted by atomic mass is 9.88. The summed E-state index contributed by atoms with van der Waals surface area (Å²) in [5, 5.41) is 3.24. The van der Waals surface area contributed by atoms with Crippen LogP contribution in [0.5, 0.6) is 0 Å². The molecule has 3 aromatic carbocycles. The molecule has 1 atom stereocenters. The predicted octanol–water partition coefficient (Wildman–Crippen LogP) is 4.04. The van der Waals surface area contributed by atoms with Gasteiger partial charge in [0.05, 0.1) is 11.3 Å². The van der Waals surface area contributed by atoms with Gasteiger partial charge in [-0.05, 0) is 53.9 Å². The third-order valence-corrected chi connectivity index (χ3v) is 5.50. The van der Waals surface area contributed by atoms with Gasteiger partial charge in [-0.25, -0.2) is 0 Å². The highest BCUT2D eigenvalue weighted by atomic mass is 16.2. The molecule has 1 aliphatic carbocycles. The number of hydrogen-bond acceptors (Lipinski definition) is 3. The van der Waals surface area contributed by atoms with E-state index in [1.165, 1.54) is 29.5 Å². The Balaban J connectivity index is 1.57. The fraction of sp³-hybridized carbons (Fsp3) is 0.304. The third-order valence-electron chi connectivity index (χ3n) is 5.50. The van der Waals surface area contributed by atoms with Gasteiger partial charge in [-0.3, -0.25) is 9.59 Å². The van der Waals surface area contributed by atoms with Gasteiger partial charge in [-0.1, -0.05) is 55.5 Å². The van der Waals surface area contributed by atoms with E-state index in [4.69, 9.17) is 0 Å². The molecule has 0 spiro atoms. The summed E-state index contributed by atoms with van der Waals surface area (Å²) in [5.74, 6) is 0.261. The fourth-order valence-corrected chi connectivity index (χ4v) is 3.88. The third kappa shape index (κ3) is 2.98. The van der Waals surface area contributed by atoms with Crippen molar-refractivity contribution in [2.75, 3.05) is 11.9 Å². The van der Waals surface area contributed by atoms with E-state index in [0.29, 0.717) is 17.8 Å². The molecule has 26 heavy (non-hydrogen) atoms. The highest BCUT2D eigenvalue weighted by Gasteiger charge is 2.23. The Hall–Kier alpha value is -2.68. The minimum Gasteiger partial charge on any atom is -0.381 e. The Morgan fingerprint density at radius 1 is 0.923 bits per heavy atom. The molecule has 0 unspecified atom stereocenters. The average molecular weight is 345 g/mol.